The minimum atomic E-state index is -1.26. The molecule has 0 bridgehead atoms. The van der Waals surface area contributed by atoms with Gasteiger partial charge in [-0.15, -0.1) is 0 Å². The number of carbonyl (C=O) groups excluding carboxylic acids is 1. The fourth-order valence-corrected chi connectivity index (χ4v) is 3.03. The van der Waals surface area contributed by atoms with Crippen molar-refractivity contribution in [3.63, 3.8) is 0 Å². The van der Waals surface area contributed by atoms with Gasteiger partial charge in [-0.1, -0.05) is 40.9 Å². The minimum Gasteiger partial charge on any atom is -0.478 e. The molecule has 2 heterocycles. The molecule has 27 heavy (non-hydrogen) atoms. The van der Waals surface area contributed by atoms with Crippen molar-refractivity contribution in [1.29, 1.82) is 0 Å². The van der Waals surface area contributed by atoms with Crippen LogP contribution in [0.25, 0.3) is 0 Å². The van der Waals surface area contributed by atoms with Crippen molar-refractivity contribution in [3.05, 3.63) is 62.5 Å². The Labute approximate surface area is 168 Å². The Balaban J connectivity index is 1.81. The number of anilines is 1. The van der Waals surface area contributed by atoms with E-state index < -0.39 is 11.9 Å². The minimum absolute atomic E-state index is 0.0775. The van der Waals surface area contributed by atoms with Gasteiger partial charge in [0.1, 0.15) is 10.6 Å². The van der Waals surface area contributed by atoms with E-state index in [0.717, 1.165) is 5.56 Å². The molecule has 0 saturated heterocycles. The van der Waals surface area contributed by atoms with E-state index in [0.29, 0.717) is 16.6 Å². The quantitative estimate of drug-likeness (QED) is 0.647. The molecule has 11 heteroatoms. The molecule has 3 aromatic rings. The topological polar surface area (TPSA) is 102 Å². The number of rotatable bonds is 5. The van der Waals surface area contributed by atoms with Crippen molar-refractivity contribution in [2.75, 3.05) is 5.32 Å². The van der Waals surface area contributed by atoms with Crippen LogP contribution >= 0.6 is 34.8 Å². The number of amides is 1. The number of benzene rings is 1. The molecule has 0 aliphatic heterocycles. The number of hydrogen-bond acceptors (Lipinski definition) is 4. The average molecular weight is 429 g/mol. The summed E-state index contributed by atoms with van der Waals surface area (Å²) in [7, 11) is 1.51. The monoisotopic (exact) mass is 427 g/mol. The normalized spacial score (nSPS) is 10.8. The van der Waals surface area contributed by atoms with E-state index in [4.69, 9.17) is 39.9 Å². The van der Waals surface area contributed by atoms with Gasteiger partial charge in [-0.3, -0.25) is 14.2 Å². The van der Waals surface area contributed by atoms with Gasteiger partial charge in [0, 0.05) is 29.5 Å². The number of hydrogen-bond donors (Lipinski definition) is 2. The Kier molecular flexibility index (Phi) is 5.41. The Bertz CT molecular complexity index is 1040. The molecule has 0 unspecified atom stereocenters. The fraction of sp³-hybridized carbons (Fsp3) is 0.125. The number of halogens is 3. The number of aromatic nitrogens is 4. The van der Waals surface area contributed by atoms with Gasteiger partial charge in [0.25, 0.3) is 5.91 Å². The van der Waals surface area contributed by atoms with Crippen LogP contribution in [0.3, 0.4) is 0 Å². The second-order valence-electron chi connectivity index (χ2n) is 5.58. The molecule has 0 spiro atoms. The van der Waals surface area contributed by atoms with Crippen molar-refractivity contribution >= 4 is 52.5 Å². The van der Waals surface area contributed by atoms with Crippen molar-refractivity contribution in [2.45, 2.75) is 6.54 Å². The molecule has 0 fully saturated rings. The largest absolute Gasteiger partial charge is 0.478 e. The molecule has 3 rings (SSSR count). The number of nitrogens with zero attached hydrogens (tertiary/aromatic N) is 4. The highest BCUT2D eigenvalue weighted by Gasteiger charge is 2.22. The summed E-state index contributed by atoms with van der Waals surface area (Å²) in [4.78, 5) is 23.6. The van der Waals surface area contributed by atoms with Crippen LogP contribution in [0.4, 0.5) is 5.82 Å². The molecule has 1 aromatic carbocycles. The number of carbonyl (C=O) groups is 2. The van der Waals surface area contributed by atoms with Crippen LogP contribution in [0.5, 0.6) is 0 Å². The summed E-state index contributed by atoms with van der Waals surface area (Å²) >= 11 is 18.1. The maximum absolute atomic E-state index is 12.4. The summed E-state index contributed by atoms with van der Waals surface area (Å²) in [6.07, 6.45) is 2.75. The Morgan fingerprint density at radius 2 is 1.89 bits per heavy atom. The standard InChI is InChI=1S/C16H12Cl3N5O3/c1-23-6-10(16(26)27)13(21-23)15(25)20-14-12(19)7-24(22-14)5-8-2-3-9(17)4-11(8)18/h2-4,6-7H,5H2,1H3,(H,26,27)(H,20,22,25). The average Bonchev–Trinajstić information content (AvgIpc) is 3.13. The molecule has 0 atom stereocenters. The Hall–Kier alpha value is -2.55. The number of nitrogens with one attached hydrogen (secondary N) is 1. The van der Waals surface area contributed by atoms with Crippen molar-refractivity contribution in [3.8, 4) is 0 Å². The van der Waals surface area contributed by atoms with Crippen molar-refractivity contribution in [2.24, 2.45) is 7.05 Å². The molecule has 2 aromatic heterocycles. The van der Waals surface area contributed by atoms with E-state index in [2.05, 4.69) is 15.5 Å². The number of carboxylic acids is 1. The van der Waals surface area contributed by atoms with Crippen LogP contribution in [-0.2, 0) is 13.6 Å². The first-order valence-corrected chi connectivity index (χ1v) is 8.63. The maximum atomic E-state index is 12.4. The summed E-state index contributed by atoms with van der Waals surface area (Å²) in [6, 6.07) is 5.07. The second-order valence-corrected chi connectivity index (χ2v) is 6.83. The van der Waals surface area contributed by atoms with Gasteiger partial charge < -0.3 is 10.4 Å². The van der Waals surface area contributed by atoms with Gasteiger partial charge in [-0.25, -0.2) is 4.79 Å². The van der Waals surface area contributed by atoms with Gasteiger partial charge in [-0.05, 0) is 17.7 Å². The van der Waals surface area contributed by atoms with Crippen LogP contribution in [0.15, 0.2) is 30.6 Å². The van der Waals surface area contributed by atoms with Crippen LogP contribution in [0.2, 0.25) is 15.1 Å². The van der Waals surface area contributed by atoms with Crippen LogP contribution in [0.1, 0.15) is 26.4 Å². The zero-order valence-electron chi connectivity index (χ0n) is 13.8. The zero-order valence-corrected chi connectivity index (χ0v) is 16.0. The zero-order chi connectivity index (χ0) is 19.7. The van der Waals surface area contributed by atoms with Gasteiger partial charge >= 0.3 is 5.97 Å². The first-order chi connectivity index (χ1) is 12.7. The van der Waals surface area contributed by atoms with E-state index in [1.54, 1.807) is 18.2 Å². The highest BCUT2D eigenvalue weighted by Crippen LogP contribution is 2.24. The van der Waals surface area contributed by atoms with Crippen LogP contribution in [-0.4, -0.2) is 36.5 Å². The fourth-order valence-electron chi connectivity index (χ4n) is 2.37. The Morgan fingerprint density at radius 1 is 1.15 bits per heavy atom. The summed E-state index contributed by atoms with van der Waals surface area (Å²) in [6.45, 7) is 0.301. The molecule has 0 saturated carbocycles. The number of carboxylic acid groups (broad SMARTS) is 1. The Morgan fingerprint density at radius 3 is 2.56 bits per heavy atom. The molecule has 2 N–H and O–H groups in total. The molecular formula is C16H12Cl3N5O3. The molecule has 0 aliphatic carbocycles. The molecule has 8 nitrogen and oxygen atoms in total. The third-order valence-electron chi connectivity index (χ3n) is 3.57. The van der Waals surface area contributed by atoms with E-state index >= 15 is 0 Å². The highest BCUT2D eigenvalue weighted by molar-refractivity contribution is 6.35. The van der Waals surface area contributed by atoms with Gasteiger partial charge in [-0.2, -0.15) is 10.2 Å². The van der Waals surface area contributed by atoms with E-state index in [1.165, 1.54) is 28.8 Å². The summed E-state index contributed by atoms with van der Waals surface area (Å²) in [5, 5.41) is 20.9. The van der Waals surface area contributed by atoms with Crippen LogP contribution < -0.4 is 5.32 Å². The van der Waals surface area contributed by atoms with Crippen molar-refractivity contribution < 1.29 is 14.7 Å². The van der Waals surface area contributed by atoms with Gasteiger partial charge in [0.05, 0.1) is 6.54 Å². The molecular weight excluding hydrogens is 417 g/mol. The lowest BCUT2D eigenvalue weighted by Gasteiger charge is -2.05. The number of aromatic carboxylic acids is 1. The lowest BCUT2D eigenvalue weighted by Crippen LogP contribution is -2.17. The maximum Gasteiger partial charge on any atom is 0.339 e. The molecule has 1 amide bonds. The van der Waals surface area contributed by atoms with E-state index in [-0.39, 0.29) is 22.1 Å². The number of aryl methyl sites for hydroxylation is 1. The summed E-state index contributed by atoms with van der Waals surface area (Å²) in [5.74, 6) is -1.92. The van der Waals surface area contributed by atoms with Gasteiger partial charge in [0.15, 0.2) is 11.5 Å². The molecule has 140 valence electrons. The SMILES string of the molecule is Cn1cc(C(=O)O)c(C(=O)Nc2nn(Cc3ccc(Cl)cc3Cl)cc2Cl)n1. The second kappa shape index (κ2) is 7.59. The van der Waals surface area contributed by atoms with Crippen LogP contribution in [0, 0.1) is 0 Å². The highest BCUT2D eigenvalue weighted by atomic mass is 35.5. The lowest BCUT2D eigenvalue weighted by molar-refractivity contribution is 0.0692. The van der Waals surface area contributed by atoms with E-state index in [1.807, 2.05) is 0 Å². The van der Waals surface area contributed by atoms with E-state index in [9.17, 15) is 9.59 Å². The first kappa shape index (κ1) is 19.2. The van der Waals surface area contributed by atoms with Crippen molar-refractivity contribution in [1.82, 2.24) is 19.6 Å². The van der Waals surface area contributed by atoms with Gasteiger partial charge in [0.2, 0.25) is 0 Å². The predicted octanol–water partition coefficient (Wildman–Crippen LogP) is 3.58. The summed E-state index contributed by atoms with van der Waals surface area (Å²) < 4.78 is 2.73. The summed E-state index contributed by atoms with van der Waals surface area (Å²) in [5.41, 5.74) is 0.297. The molecule has 0 aliphatic rings. The smallest absolute Gasteiger partial charge is 0.339 e. The first-order valence-electron chi connectivity index (χ1n) is 7.49. The predicted molar refractivity (Wildman–Crippen MR) is 101 cm³/mol. The lowest BCUT2D eigenvalue weighted by atomic mass is 10.2. The third-order valence-corrected chi connectivity index (χ3v) is 4.43. The molecule has 0 radical (unpaired) electrons. The third kappa shape index (κ3) is 4.24.